The molecule has 0 radical (unpaired) electrons. The summed E-state index contributed by atoms with van der Waals surface area (Å²) in [7, 11) is 0. The van der Waals surface area contributed by atoms with E-state index < -0.39 is 18.2 Å². The third-order valence-electron chi connectivity index (χ3n) is 9.29. The van der Waals surface area contributed by atoms with Gasteiger partial charge >= 0.3 is 6.18 Å². The van der Waals surface area contributed by atoms with Crippen molar-refractivity contribution in [2.24, 2.45) is 34.5 Å². The highest BCUT2D eigenvalue weighted by Gasteiger charge is 2.57. The summed E-state index contributed by atoms with van der Waals surface area (Å²) in [5.74, 6) is 1.95. The number of hydrogen-bond acceptors (Lipinski definition) is 1. The molecular weight excluding hydrogens is 385 g/mol. The molecule has 0 bridgehead atoms. The van der Waals surface area contributed by atoms with Gasteiger partial charge < -0.3 is 5.11 Å². The standard InChI is InChI=1S/C26H37F3O/c1-17(6-5-12-26(27,28)29)20-9-10-21-19-8-7-18-16-23(2,30)14-15-24(18,3)22(19)11-13-25(20,21)4/h5-7,9,17,19,21-22,30H,8,10-16H2,1-4H3/b6-5+/t17-,19+,21+,22+,23+,24+,25-/m1/s1. The average molecular weight is 423 g/mol. The Morgan fingerprint density at radius 3 is 2.50 bits per heavy atom. The van der Waals surface area contributed by atoms with Crippen molar-refractivity contribution < 1.29 is 18.3 Å². The second-order valence-electron chi connectivity index (χ2n) is 11.3. The first-order valence-electron chi connectivity index (χ1n) is 11.7. The molecule has 4 aliphatic rings. The summed E-state index contributed by atoms with van der Waals surface area (Å²) in [5, 5.41) is 10.6. The molecule has 0 saturated heterocycles. The van der Waals surface area contributed by atoms with Crippen LogP contribution in [0.25, 0.3) is 0 Å². The molecule has 2 fully saturated rings. The molecule has 0 aromatic heterocycles. The zero-order chi connectivity index (χ0) is 21.9. The Kier molecular flexibility index (Phi) is 5.36. The molecule has 4 aliphatic carbocycles. The van der Waals surface area contributed by atoms with Crippen LogP contribution in [0, 0.1) is 34.5 Å². The summed E-state index contributed by atoms with van der Waals surface area (Å²) >= 11 is 0. The quantitative estimate of drug-likeness (QED) is 0.470. The van der Waals surface area contributed by atoms with Crippen molar-refractivity contribution in [3.05, 3.63) is 35.5 Å². The predicted molar refractivity (Wildman–Crippen MR) is 115 cm³/mol. The van der Waals surface area contributed by atoms with Crippen LogP contribution in [0.5, 0.6) is 0 Å². The molecule has 0 aliphatic heterocycles. The monoisotopic (exact) mass is 422 g/mol. The van der Waals surface area contributed by atoms with Crippen molar-refractivity contribution in [1.29, 1.82) is 0 Å². The van der Waals surface area contributed by atoms with Gasteiger partial charge in [-0.3, -0.25) is 0 Å². The van der Waals surface area contributed by atoms with E-state index in [0.29, 0.717) is 17.8 Å². The van der Waals surface area contributed by atoms with E-state index in [0.717, 1.165) is 38.5 Å². The average Bonchev–Trinajstić information content (AvgIpc) is 2.98. The number of aliphatic hydroxyl groups is 1. The minimum atomic E-state index is -4.13. The highest BCUT2D eigenvalue weighted by atomic mass is 19.4. The van der Waals surface area contributed by atoms with E-state index in [1.54, 1.807) is 6.08 Å². The van der Waals surface area contributed by atoms with Crippen molar-refractivity contribution in [3.8, 4) is 0 Å². The molecule has 1 nitrogen and oxygen atoms in total. The molecule has 30 heavy (non-hydrogen) atoms. The van der Waals surface area contributed by atoms with Crippen LogP contribution in [-0.2, 0) is 0 Å². The van der Waals surface area contributed by atoms with Gasteiger partial charge in [0.15, 0.2) is 0 Å². The number of allylic oxidation sites excluding steroid dienone is 5. The summed E-state index contributed by atoms with van der Waals surface area (Å²) in [6.45, 7) is 8.83. The molecular formula is C26H37F3O. The van der Waals surface area contributed by atoms with Gasteiger partial charge in [0.05, 0.1) is 12.0 Å². The molecule has 4 heteroatoms. The van der Waals surface area contributed by atoms with Gasteiger partial charge in [-0.05, 0) is 86.4 Å². The fourth-order valence-electron chi connectivity index (χ4n) is 7.62. The van der Waals surface area contributed by atoms with Crippen molar-refractivity contribution >= 4 is 0 Å². The lowest BCUT2D eigenvalue weighted by Crippen LogP contribution is -2.51. The molecule has 4 rings (SSSR count). The van der Waals surface area contributed by atoms with E-state index in [1.807, 2.05) is 6.92 Å². The van der Waals surface area contributed by atoms with Gasteiger partial charge in [0.2, 0.25) is 0 Å². The molecule has 0 aromatic carbocycles. The number of halogens is 3. The fourth-order valence-corrected chi connectivity index (χ4v) is 7.62. The molecule has 0 amide bonds. The lowest BCUT2D eigenvalue weighted by atomic mass is 9.46. The number of hydrogen-bond donors (Lipinski definition) is 1. The Bertz CT molecular complexity index is 774. The van der Waals surface area contributed by atoms with E-state index in [4.69, 9.17) is 0 Å². The third-order valence-corrected chi connectivity index (χ3v) is 9.29. The maximum absolute atomic E-state index is 12.5. The van der Waals surface area contributed by atoms with Crippen LogP contribution in [0.1, 0.15) is 79.1 Å². The third kappa shape index (κ3) is 3.72. The summed E-state index contributed by atoms with van der Waals surface area (Å²) < 4.78 is 37.6. The van der Waals surface area contributed by atoms with E-state index in [9.17, 15) is 18.3 Å². The molecule has 0 heterocycles. The van der Waals surface area contributed by atoms with Crippen LogP contribution in [0.3, 0.4) is 0 Å². The van der Waals surface area contributed by atoms with Gasteiger partial charge in [0, 0.05) is 0 Å². The van der Waals surface area contributed by atoms with E-state index in [1.165, 1.54) is 23.6 Å². The molecule has 1 N–H and O–H groups in total. The number of alkyl halides is 3. The Labute approximate surface area is 179 Å². The van der Waals surface area contributed by atoms with Crippen molar-refractivity contribution in [2.45, 2.75) is 90.8 Å². The highest BCUT2D eigenvalue weighted by Crippen LogP contribution is 2.66. The zero-order valence-corrected chi connectivity index (χ0v) is 18.9. The second kappa shape index (κ2) is 7.25. The molecule has 0 spiro atoms. The lowest BCUT2D eigenvalue weighted by Gasteiger charge is -2.58. The van der Waals surface area contributed by atoms with Crippen molar-refractivity contribution in [1.82, 2.24) is 0 Å². The van der Waals surface area contributed by atoms with E-state index in [-0.39, 0.29) is 16.7 Å². The Balaban J connectivity index is 1.53. The van der Waals surface area contributed by atoms with Gasteiger partial charge in [0.25, 0.3) is 0 Å². The molecule has 0 unspecified atom stereocenters. The van der Waals surface area contributed by atoms with Gasteiger partial charge in [0.1, 0.15) is 0 Å². The maximum Gasteiger partial charge on any atom is 0.392 e. The SMILES string of the molecule is C[C@H](/C=C/CC(F)(F)F)C1=CC[C@H]2[C@@H]3CC=C4C[C@@](C)(O)CC[C@]4(C)[C@H]3CC[C@]12C. The van der Waals surface area contributed by atoms with E-state index in [2.05, 4.69) is 32.9 Å². The summed E-state index contributed by atoms with van der Waals surface area (Å²) in [5.41, 5.74) is 2.56. The molecule has 7 atom stereocenters. The summed E-state index contributed by atoms with van der Waals surface area (Å²) in [4.78, 5) is 0. The second-order valence-corrected chi connectivity index (χ2v) is 11.3. The van der Waals surface area contributed by atoms with Crippen LogP contribution in [-0.4, -0.2) is 16.9 Å². The summed E-state index contributed by atoms with van der Waals surface area (Å²) in [6, 6.07) is 0. The minimum absolute atomic E-state index is 0.0638. The van der Waals surface area contributed by atoms with Crippen molar-refractivity contribution in [3.63, 3.8) is 0 Å². The highest BCUT2D eigenvalue weighted by molar-refractivity contribution is 5.33. The molecule has 2 saturated carbocycles. The molecule has 168 valence electrons. The Hall–Kier alpha value is -1.03. The van der Waals surface area contributed by atoms with E-state index >= 15 is 0 Å². The normalized spacial score (nSPS) is 44.7. The first kappa shape index (κ1) is 22.2. The number of rotatable bonds is 3. The topological polar surface area (TPSA) is 20.2 Å². The zero-order valence-electron chi connectivity index (χ0n) is 18.9. The largest absolute Gasteiger partial charge is 0.392 e. The van der Waals surface area contributed by atoms with Crippen molar-refractivity contribution in [2.75, 3.05) is 0 Å². The Morgan fingerprint density at radius 1 is 1.07 bits per heavy atom. The van der Waals surface area contributed by atoms with Crippen LogP contribution < -0.4 is 0 Å². The Morgan fingerprint density at radius 2 is 1.80 bits per heavy atom. The smallest absolute Gasteiger partial charge is 0.390 e. The minimum Gasteiger partial charge on any atom is -0.390 e. The van der Waals surface area contributed by atoms with Crippen LogP contribution >= 0.6 is 0 Å². The van der Waals surface area contributed by atoms with Crippen LogP contribution in [0.4, 0.5) is 13.2 Å². The van der Waals surface area contributed by atoms with Gasteiger partial charge in [-0.1, -0.05) is 56.2 Å². The summed E-state index contributed by atoms with van der Waals surface area (Å²) in [6.07, 6.45) is 10.1. The predicted octanol–water partition coefficient (Wildman–Crippen LogP) is 7.38. The first-order chi connectivity index (χ1) is 13.9. The van der Waals surface area contributed by atoms with Crippen LogP contribution in [0.2, 0.25) is 0 Å². The van der Waals surface area contributed by atoms with Gasteiger partial charge in [-0.2, -0.15) is 13.2 Å². The fraction of sp³-hybridized carbons (Fsp3) is 0.769. The first-order valence-corrected chi connectivity index (χ1v) is 11.7. The molecule has 0 aromatic rings. The maximum atomic E-state index is 12.5. The van der Waals surface area contributed by atoms with Gasteiger partial charge in [-0.25, -0.2) is 0 Å². The number of fused-ring (bicyclic) bond motifs is 5. The van der Waals surface area contributed by atoms with Crippen LogP contribution in [0.15, 0.2) is 35.5 Å². The van der Waals surface area contributed by atoms with Gasteiger partial charge in [-0.15, -0.1) is 0 Å². The lowest BCUT2D eigenvalue weighted by molar-refractivity contribution is -0.125.